The average molecular weight is 213 g/mol. The molecule has 1 aromatic carbocycles. The van der Waals surface area contributed by atoms with Gasteiger partial charge in [0.15, 0.2) is 5.67 Å². The van der Waals surface area contributed by atoms with Crippen LogP contribution in [0.3, 0.4) is 0 Å². The van der Waals surface area contributed by atoms with Crippen LogP contribution >= 0.6 is 0 Å². The summed E-state index contributed by atoms with van der Waals surface area (Å²) in [6, 6.07) is 4.42. The number of benzene rings is 1. The molecule has 0 spiro atoms. The van der Waals surface area contributed by atoms with Gasteiger partial charge in [-0.1, -0.05) is 26.0 Å². The minimum Gasteiger partial charge on any atom is -0.327 e. The first kappa shape index (κ1) is 12.1. The van der Waals surface area contributed by atoms with Crippen LogP contribution in [-0.4, -0.2) is 6.54 Å². The van der Waals surface area contributed by atoms with Crippen molar-refractivity contribution < 1.29 is 8.78 Å². The molecule has 3 heteroatoms. The van der Waals surface area contributed by atoms with Gasteiger partial charge in [-0.05, 0) is 30.0 Å². The zero-order chi connectivity index (χ0) is 11.6. The fraction of sp³-hybridized carbons (Fsp3) is 0.500. The van der Waals surface area contributed by atoms with Gasteiger partial charge in [0.1, 0.15) is 5.82 Å². The van der Waals surface area contributed by atoms with Gasteiger partial charge in [-0.25, -0.2) is 8.78 Å². The Kier molecular flexibility index (Phi) is 3.45. The zero-order valence-electron chi connectivity index (χ0n) is 9.35. The predicted octanol–water partition coefficient (Wildman–Crippen LogP) is 2.91. The first-order chi connectivity index (χ1) is 6.91. The molecule has 0 saturated heterocycles. The summed E-state index contributed by atoms with van der Waals surface area (Å²) in [5.74, 6) is -0.659. The Morgan fingerprint density at radius 3 is 2.40 bits per heavy atom. The third-order valence-corrected chi connectivity index (χ3v) is 2.86. The van der Waals surface area contributed by atoms with Crippen LogP contribution < -0.4 is 5.73 Å². The average Bonchev–Trinajstić information content (AvgIpc) is 2.20. The van der Waals surface area contributed by atoms with E-state index < -0.39 is 5.67 Å². The highest BCUT2D eigenvalue weighted by Crippen LogP contribution is 2.33. The third-order valence-electron chi connectivity index (χ3n) is 2.86. The molecule has 0 fully saturated rings. The number of hydrogen-bond donors (Lipinski definition) is 1. The quantitative estimate of drug-likeness (QED) is 0.820. The Morgan fingerprint density at radius 1 is 1.40 bits per heavy atom. The van der Waals surface area contributed by atoms with E-state index in [1.807, 2.05) is 0 Å². The van der Waals surface area contributed by atoms with Gasteiger partial charge in [0.2, 0.25) is 0 Å². The number of aryl methyl sites for hydroxylation is 1. The highest BCUT2D eigenvalue weighted by molar-refractivity contribution is 5.29. The second-order valence-electron chi connectivity index (χ2n) is 4.19. The fourth-order valence-corrected chi connectivity index (χ4v) is 1.54. The van der Waals surface area contributed by atoms with Crippen molar-refractivity contribution in [2.75, 3.05) is 6.54 Å². The van der Waals surface area contributed by atoms with Crippen molar-refractivity contribution in [3.8, 4) is 0 Å². The second kappa shape index (κ2) is 4.27. The summed E-state index contributed by atoms with van der Waals surface area (Å²) in [5, 5.41) is 0. The topological polar surface area (TPSA) is 26.0 Å². The van der Waals surface area contributed by atoms with Crippen molar-refractivity contribution in [3.05, 3.63) is 35.1 Å². The number of rotatable bonds is 3. The van der Waals surface area contributed by atoms with Crippen molar-refractivity contribution in [1.29, 1.82) is 0 Å². The summed E-state index contributed by atoms with van der Waals surface area (Å²) in [4.78, 5) is 0. The largest absolute Gasteiger partial charge is 0.327 e. The molecule has 1 rings (SSSR count). The Morgan fingerprint density at radius 2 is 2.00 bits per heavy atom. The number of hydrogen-bond acceptors (Lipinski definition) is 1. The molecule has 0 aliphatic rings. The van der Waals surface area contributed by atoms with Crippen molar-refractivity contribution in [1.82, 2.24) is 0 Å². The van der Waals surface area contributed by atoms with E-state index >= 15 is 0 Å². The highest BCUT2D eigenvalue weighted by Gasteiger charge is 2.34. The lowest BCUT2D eigenvalue weighted by Gasteiger charge is -2.28. The first-order valence-corrected chi connectivity index (χ1v) is 5.07. The van der Waals surface area contributed by atoms with Gasteiger partial charge in [0, 0.05) is 6.54 Å². The maximum atomic E-state index is 14.4. The van der Waals surface area contributed by atoms with Crippen LogP contribution in [0, 0.1) is 18.7 Å². The van der Waals surface area contributed by atoms with Crippen LogP contribution in [0.1, 0.15) is 25.0 Å². The van der Waals surface area contributed by atoms with Gasteiger partial charge < -0.3 is 5.73 Å². The fourth-order valence-electron chi connectivity index (χ4n) is 1.54. The van der Waals surface area contributed by atoms with Crippen LogP contribution in [0.2, 0.25) is 0 Å². The number of halogens is 2. The highest BCUT2D eigenvalue weighted by atomic mass is 19.1. The van der Waals surface area contributed by atoms with Crippen LogP contribution in [0.15, 0.2) is 18.2 Å². The van der Waals surface area contributed by atoms with Crippen LogP contribution in [0.4, 0.5) is 8.78 Å². The number of alkyl halides is 1. The van der Waals surface area contributed by atoms with E-state index in [0.717, 1.165) is 0 Å². The molecular formula is C12H17F2N. The molecule has 84 valence electrons. The summed E-state index contributed by atoms with van der Waals surface area (Å²) < 4.78 is 27.7. The van der Waals surface area contributed by atoms with Gasteiger partial charge in [0.25, 0.3) is 0 Å². The van der Waals surface area contributed by atoms with Gasteiger partial charge in [-0.15, -0.1) is 0 Å². The molecule has 0 saturated carbocycles. The third kappa shape index (κ3) is 2.17. The molecule has 1 nitrogen and oxygen atoms in total. The summed E-state index contributed by atoms with van der Waals surface area (Å²) in [5.41, 5.74) is 4.62. The maximum Gasteiger partial charge on any atom is 0.150 e. The van der Waals surface area contributed by atoms with Crippen molar-refractivity contribution in [2.45, 2.75) is 26.4 Å². The van der Waals surface area contributed by atoms with Crippen molar-refractivity contribution >= 4 is 0 Å². The molecule has 0 heterocycles. The standard InChI is InChI=1S/C12H17F2N/c1-8(2)12(14,7-15)10-5-4-9(3)11(13)6-10/h4-6,8H,7,15H2,1-3H3. The molecule has 1 atom stereocenters. The van der Waals surface area contributed by atoms with E-state index in [4.69, 9.17) is 5.73 Å². The molecule has 0 aromatic heterocycles. The minimum absolute atomic E-state index is 0.132. The van der Waals surface area contributed by atoms with E-state index in [1.165, 1.54) is 6.07 Å². The Balaban J connectivity index is 3.19. The molecule has 1 aromatic rings. The normalized spacial score (nSPS) is 15.4. The van der Waals surface area contributed by atoms with Crippen LogP contribution in [0.5, 0.6) is 0 Å². The zero-order valence-corrected chi connectivity index (χ0v) is 9.35. The number of nitrogens with two attached hydrogens (primary N) is 1. The van der Waals surface area contributed by atoms with E-state index in [1.54, 1.807) is 32.9 Å². The molecule has 0 aliphatic heterocycles. The summed E-state index contributed by atoms with van der Waals surface area (Å²) >= 11 is 0. The molecule has 1 unspecified atom stereocenters. The summed E-state index contributed by atoms with van der Waals surface area (Å²) in [7, 11) is 0. The molecule has 0 aliphatic carbocycles. The van der Waals surface area contributed by atoms with Gasteiger partial charge in [-0.2, -0.15) is 0 Å². The van der Waals surface area contributed by atoms with E-state index in [9.17, 15) is 8.78 Å². The molecule has 0 bridgehead atoms. The molecule has 0 amide bonds. The molecule has 2 N–H and O–H groups in total. The Labute approximate surface area is 89.3 Å². The monoisotopic (exact) mass is 213 g/mol. The predicted molar refractivity (Wildman–Crippen MR) is 57.8 cm³/mol. The lowest BCUT2D eigenvalue weighted by Crippen LogP contribution is -2.35. The van der Waals surface area contributed by atoms with Gasteiger partial charge >= 0.3 is 0 Å². The Hall–Kier alpha value is -0.960. The van der Waals surface area contributed by atoms with E-state index in [2.05, 4.69) is 0 Å². The second-order valence-corrected chi connectivity index (χ2v) is 4.19. The van der Waals surface area contributed by atoms with Gasteiger partial charge in [-0.3, -0.25) is 0 Å². The molecule has 0 radical (unpaired) electrons. The summed E-state index contributed by atoms with van der Waals surface area (Å²) in [6.45, 7) is 5.00. The smallest absolute Gasteiger partial charge is 0.150 e. The SMILES string of the molecule is Cc1ccc(C(F)(CN)C(C)C)cc1F. The first-order valence-electron chi connectivity index (χ1n) is 5.07. The van der Waals surface area contributed by atoms with Gasteiger partial charge in [0.05, 0.1) is 0 Å². The lowest BCUT2D eigenvalue weighted by molar-refractivity contribution is 0.109. The van der Waals surface area contributed by atoms with Crippen LogP contribution in [0.25, 0.3) is 0 Å². The molecular weight excluding hydrogens is 196 g/mol. The lowest BCUT2D eigenvalue weighted by atomic mass is 9.85. The summed E-state index contributed by atoms with van der Waals surface area (Å²) in [6.07, 6.45) is 0. The van der Waals surface area contributed by atoms with Crippen LogP contribution in [-0.2, 0) is 5.67 Å². The van der Waals surface area contributed by atoms with E-state index in [0.29, 0.717) is 11.1 Å². The van der Waals surface area contributed by atoms with E-state index in [-0.39, 0.29) is 18.3 Å². The molecule has 15 heavy (non-hydrogen) atoms. The Bertz CT molecular complexity index is 349. The van der Waals surface area contributed by atoms with Crippen molar-refractivity contribution in [2.24, 2.45) is 11.7 Å². The maximum absolute atomic E-state index is 14.4. The minimum atomic E-state index is -1.64. The van der Waals surface area contributed by atoms with Crippen molar-refractivity contribution in [3.63, 3.8) is 0 Å².